The molecule has 1 heterocycles. The Hall–Kier alpha value is -1.14. The standard InChI is InChI=1S/C13H20F3N3/c1-3-17-12(6-7-19(2)9-13(15)16)11-5-4-10(14)8-18-11/h4-5,8,12-13,17H,3,6-7,9H2,1-2H3. The summed E-state index contributed by atoms with van der Waals surface area (Å²) in [5.41, 5.74) is 0.730. The molecule has 0 aliphatic rings. The molecule has 0 aliphatic carbocycles. The number of nitrogens with zero attached hydrogens (tertiary/aromatic N) is 2. The summed E-state index contributed by atoms with van der Waals surface area (Å²) in [6.07, 6.45) is -0.510. The van der Waals surface area contributed by atoms with E-state index in [1.54, 1.807) is 18.0 Å². The molecule has 19 heavy (non-hydrogen) atoms. The second kappa shape index (κ2) is 8.12. The fraction of sp³-hybridized carbons (Fsp3) is 0.615. The van der Waals surface area contributed by atoms with Gasteiger partial charge in [0.15, 0.2) is 0 Å². The monoisotopic (exact) mass is 275 g/mol. The number of nitrogens with one attached hydrogen (secondary N) is 1. The average molecular weight is 275 g/mol. The van der Waals surface area contributed by atoms with E-state index in [-0.39, 0.29) is 18.4 Å². The second-order valence-electron chi connectivity index (χ2n) is 4.45. The zero-order valence-corrected chi connectivity index (χ0v) is 11.2. The van der Waals surface area contributed by atoms with Crippen molar-refractivity contribution in [2.24, 2.45) is 0 Å². The van der Waals surface area contributed by atoms with Gasteiger partial charge in [0, 0.05) is 0 Å². The summed E-state index contributed by atoms with van der Waals surface area (Å²) in [4.78, 5) is 5.61. The molecular weight excluding hydrogens is 255 g/mol. The van der Waals surface area contributed by atoms with Gasteiger partial charge in [-0.05, 0) is 38.7 Å². The highest BCUT2D eigenvalue weighted by Gasteiger charge is 2.14. The van der Waals surface area contributed by atoms with E-state index in [1.807, 2.05) is 6.92 Å². The third kappa shape index (κ3) is 6.02. The Morgan fingerprint density at radius 3 is 2.63 bits per heavy atom. The number of alkyl halides is 2. The van der Waals surface area contributed by atoms with Crippen molar-refractivity contribution in [1.82, 2.24) is 15.2 Å². The van der Waals surface area contributed by atoms with Gasteiger partial charge in [-0.25, -0.2) is 13.2 Å². The fourth-order valence-corrected chi connectivity index (χ4v) is 1.87. The molecule has 0 saturated carbocycles. The van der Waals surface area contributed by atoms with Gasteiger partial charge < -0.3 is 10.2 Å². The van der Waals surface area contributed by atoms with Crippen LogP contribution >= 0.6 is 0 Å². The molecule has 1 N–H and O–H groups in total. The summed E-state index contributed by atoms with van der Waals surface area (Å²) < 4.78 is 37.2. The quantitative estimate of drug-likeness (QED) is 0.790. The molecule has 0 fully saturated rings. The Bertz CT molecular complexity index is 357. The minimum Gasteiger partial charge on any atom is -0.309 e. The van der Waals surface area contributed by atoms with E-state index >= 15 is 0 Å². The van der Waals surface area contributed by atoms with Gasteiger partial charge in [-0.2, -0.15) is 0 Å². The van der Waals surface area contributed by atoms with Crippen LogP contribution in [-0.4, -0.2) is 43.0 Å². The molecule has 3 nitrogen and oxygen atoms in total. The van der Waals surface area contributed by atoms with Crippen molar-refractivity contribution in [2.45, 2.75) is 25.8 Å². The van der Waals surface area contributed by atoms with E-state index in [4.69, 9.17) is 0 Å². The number of hydrogen-bond acceptors (Lipinski definition) is 3. The molecule has 0 saturated heterocycles. The molecule has 0 aliphatic heterocycles. The molecule has 6 heteroatoms. The number of rotatable bonds is 8. The predicted octanol–water partition coefficient (Wildman–Crippen LogP) is 2.46. The van der Waals surface area contributed by atoms with Crippen molar-refractivity contribution in [3.8, 4) is 0 Å². The van der Waals surface area contributed by atoms with Crippen LogP contribution < -0.4 is 5.32 Å². The van der Waals surface area contributed by atoms with Crippen LogP contribution in [0.2, 0.25) is 0 Å². The Kier molecular flexibility index (Phi) is 6.80. The van der Waals surface area contributed by atoms with E-state index in [2.05, 4.69) is 10.3 Å². The third-order valence-corrected chi connectivity index (χ3v) is 2.81. The van der Waals surface area contributed by atoms with Crippen LogP contribution in [0.1, 0.15) is 25.1 Å². The normalized spacial score (nSPS) is 13.2. The second-order valence-corrected chi connectivity index (χ2v) is 4.45. The predicted molar refractivity (Wildman–Crippen MR) is 68.7 cm³/mol. The van der Waals surface area contributed by atoms with Gasteiger partial charge in [-0.3, -0.25) is 4.98 Å². The maximum Gasteiger partial charge on any atom is 0.251 e. The first-order valence-corrected chi connectivity index (χ1v) is 6.34. The topological polar surface area (TPSA) is 28.2 Å². The molecule has 0 radical (unpaired) electrons. The van der Waals surface area contributed by atoms with Crippen molar-refractivity contribution < 1.29 is 13.2 Å². The summed E-state index contributed by atoms with van der Waals surface area (Å²) in [7, 11) is 1.66. The molecule has 1 aromatic heterocycles. The first-order chi connectivity index (χ1) is 9.02. The molecule has 0 bridgehead atoms. The zero-order valence-electron chi connectivity index (χ0n) is 11.2. The average Bonchev–Trinajstić information content (AvgIpc) is 2.35. The van der Waals surface area contributed by atoms with Gasteiger partial charge in [-0.15, -0.1) is 0 Å². The smallest absolute Gasteiger partial charge is 0.251 e. The number of halogens is 3. The van der Waals surface area contributed by atoms with Crippen molar-refractivity contribution in [2.75, 3.05) is 26.7 Å². The minimum absolute atomic E-state index is 0.0503. The zero-order chi connectivity index (χ0) is 14.3. The van der Waals surface area contributed by atoms with Crippen molar-refractivity contribution in [1.29, 1.82) is 0 Å². The maximum absolute atomic E-state index is 12.8. The summed E-state index contributed by atoms with van der Waals surface area (Å²) in [5, 5.41) is 3.23. The van der Waals surface area contributed by atoms with Gasteiger partial charge in [0.25, 0.3) is 6.43 Å². The SMILES string of the molecule is CCNC(CCN(C)CC(F)F)c1ccc(F)cn1. The summed E-state index contributed by atoms with van der Waals surface area (Å²) >= 11 is 0. The number of hydrogen-bond donors (Lipinski definition) is 1. The van der Waals surface area contributed by atoms with E-state index in [0.717, 1.165) is 12.2 Å². The first kappa shape index (κ1) is 15.9. The van der Waals surface area contributed by atoms with E-state index in [1.165, 1.54) is 12.3 Å². The molecule has 1 aromatic rings. The Labute approximate surface area is 111 Å². The molecular formula is C13H20F3N3. The lowest BCUT2D eigenvalue weighted by molar-refractivity contribution is 0.0984. The Morgan fingerprint density at radius 2 is 2.11 bits per heavy atom. The van der Waals surface area contributed by atoms with Gasteiger partial charge >= 0.3 is 0 Å². The van der Waals surface area contributed by atoms with E-state index < -0.39 is 6.43 Å². The van der Waals surface area contributed by atoms with Gasteiger partial charge in [-0.1, -0.05) is 6.92 Å². The van der Waals surface area contributed by atoms with Crippen molar-refractivity contribution >= 4 is 0 Å². The summed E-state index contributed by atoms with van der Waals surface area (Å²) in [6.45, 7) is 2.98. The lowest BCUT2D eigenvalue weighted by atomic mass is 10.1. The van der Waals surface area contributed by atoms with Crippen LogP contribution in [0.4, 0.5) is 13.2 Å². The fourth-order valence-electron chi connectivity index (χ4n) is 1.87. The molecule has 1 unspecified atom stereocenters. The van der Waals surface area contributed by atoms with Crippen LogP contribution in [0.15, 0.2) is 18.3 Å². The van der Waals surface area contributed by atoms with Crippen LogP contribution in [-0.2, 0) is 0 Å². The largest absolute Gasteiger partial charge is 0.309 e. The van der Waals surface area contributed by atoms with E-state index in [9.17, 15) is 13.2 Å². The highest BCUT2D eigenvalue weighted by Crippen LogP contribution is 2.15. The lowest BCUT2D eigenvalue weighted by Crippen LogP contribution is -2.30. The third-order valence-electron chi connectivity index (χ3n) is 2.81. The van der Waals surface area contributed by atoms with Gasteiger partial charge in [0.2, 0.25) is 0 Å². The first-order valence-electron chi connectivity index (χ1n) is 6.34. The van der Waals surface area contributed by atoms with Crippen LogP contribution in [0, 0.1) is 5.82 Å². The highest BCUT2D eigenvalue weighted by atomic mass is 19.3. The van der Waals surface area contributed by atoms with Crippen LogP contribution in [0.3, 0.4) is 0 Å². The molecule has 0 spiro atoms. The minimum atomic E-state index is -2.33. The molecule has 0 aromatic carbocycles. The van der Waals surface area contributed by atoms with Crippen LogP contribution in [0.25, 0.3) is 0 Å². The molecule has 1 rings (SSSR count). The van der Waals surface area contributed by atoms with Crippen molar-refractivity contribution in [3.63, 3.8) is 0 Å². The number of aromatic nitrogens is 1. The maximum atomic E-state index is 12.8. The highest BCUT2D eigenvalue weighted by molar-refractivity contribution is 5.09. The molecule has 108 valence electrons. The molecule has 0 amide bonds. The Morgan fingerprint density at radius 1 is 1.37 bits per heavy atom. The Balaban J connectivity index is 2.55. The van der Waals surface area contributed by atoms with Crippen LogP contribution in [0.5, 0.6) is 0 Å². The van der Waals surface area contributed by atoms with Gasteiger partial charge in [0.1, 0.15) is 5.82 Å². The van der Waals surface area contributed by atoms with Gasteiger partial charge in [0.05, 0.1) is 24.5 Å². The van der Waals surface area contributed by atoms with E-state index in [0.29, 0.717) is 13.0 Å². The van der Waals surface area contributed by atoms with Crippen molar-refractivity contribution in [3.05, 3.63) is 29.8 Å². The summed E-state index contributed by atoms with van der Waals surface area (Å²) in [6, 6.07) is 2.93. The lowest BCUT2D eigenvalue weighted by Gasteiger charge is -2.21. The summed E-state index contributed by atoms with van der Waals surface area (Å²) in [5.74, 6) is -0.381. The number of pyridine rings is 1. The molecule has 1 atom stereocenters.